The number of nitrogens with one attached hydrogen (secondary N) is 2. The molecule has 0 radical (unpaired) electrons. The lowest BCUT2D eigenvalue weighted by atomic mass is 10.1. The van der Waals surface area contributed by atoms with Crippen LogP contribution in [0.2, 0.25) is 0 Å². The lowest BCUT2D eigenvalue weighted by molar-refractivity contribution is 0.240. The second-order valence-corrected chi connectivity index (χ2v) is 5.57. The topological polar surface area (TPSA) is 82.7 Å². The Bertz CT molecular complexity index is 947. The summed E-state index contributed by atoms with van der Waals surface area (Å²) in [5, 5.41) is 18.3. The Labute approximate surface area is 149 Å². The molecular formula is C19H16FN5O. The zero-order valence-electron chi connectivity index (χ0n) is 13.8. The molecule has 0 aliphatic heterocycles. The van der Waals surface area contributed by atoms with Gasteiger partial charge < -0.3 is 10.6 Å². The second-order valence-electron chi connectivity index (χ2n) is 5.57. The van der Waals surface area contributed by atoms with Gasteiger partial charge in [0.1, 0.15) is 5.82 Å². The maximum atomic E-state index is 13.7. The van der Waals surface area contributed by atoms with Crippen LogP contribution in [0, 0.1) is 17.1 Å². The highest BCUT2D eigenvalue weighted by Crippen LogP contribution is 2.11. The molecule has 0 aliphatic rings. The molecule has 0 spiro atoms. The minimum Gasteiger partial charge on any atom is -0.334 e. The van der Waals surface area contributed by atoms with Gasteiger partial charge in [-0.3, -0.25) is 0 Å². The van der Waals surface area contributed by atoms with Gasteiger partial charge in [0.05, 0.1) is 17.3 Å². The monoisotopic (exact) mass is 349 g/mol. The number of carbonyl (C=O) groups is 1. The third kappa shape index (κ3) is 4.24. The zero-order valence-corrected chi connectivity index (χ0v) is 13.8. The van der Waals surface area contributed by atoms with Crippen molar-refractivity contribution in [3.63, 3.8) is 0 Å². The standard InChI is InChI=1S/C19H16FN5O/c20-18-6-5-14(11-21)9-16(18)13-23-19(26)22-12-15-3-1-4-17(10-15)25-8-2-7-24-25/h1-10H,12-13H2,(H2,22,23,26). The van der Waals surface area contributed by atoms with Gasteiger partial charge >= 0.3 is 6.03 Å². The Morgan fingerprint density at radius 2 is 2.00 bits per heavy atom. The van der Waals surface area contributed by atoms with Crippen LogP contribution < -0.4 is 10.6 Å². The maximum Gasteiger partial charge on any atom is 0.315 e. The van der Waals surface area contributed by atoms with Gasteiger partial charge in [0, 0.05) is 31.0 Å². The fraction of sp³-hybridized carbons (Fsp3) is 0.105. The van der Waals surface area contributed by atoms with Crippen LogP contribution in [0.5, 0.6) is 0 Å². The number of nitriles is 1. The summed E-state index contributed by atoms with van der Waals surface area (Å²) in [6.07, 6.45) is 3.53. The highest BCUT2D eigenvalue weighted by molar-refractivity contribution is 5.73. The Morgan fingerprint density at radius 3 is 2.77 bits per heavy atom. The van der Waals surface area contributed by atoms with E-state index in [4.69, 9.17) is 5.26 Å². The van der Waals surface area contributed by atoms with E-state index in [1.807, 2.05) is 42.6 Å². The molecule has 0 saturated heterocycles. The van der Waals surface area contributed by atoms with Crippen LogP contribution in [0.15, 0.2) is 60.9 Å². The van der Waals surface area contributed by atoms with Crippen molar-refractivity contribution in [2.24, 2.45) is 0 Å². The molecule has 0 saturated carbocycles. The normalized spacial score (nSPS) is 10.2. The molecular weight excluding hydrogens is 333 g/mol. The number of amides is 2. The molecule has 2 N–H and O–H groups in total. The molecule has 26 heavy (non-hydrogen) atoms. The van der Waals surface area contributed by atoms with Crippen molar-refractivity contribution in [3.8, 4) is 11.8 Å². The Kier molecular flexibility index (Phi) is 5.25. The Morgan fingerprint density at radius 1 is 1.15 bits per heavy atom. The average Bonchev–Trinajstić information content (AvgIpc) is 3.21. The molecule has 130 valence electrons. The van der Waals surface area contributed by atoms with Crippen molar-refractivity contribution in [2.45, 2.75) is 13.1 Å². The molecule has 7 heteroatoms. The first kappa shape index (κ1) is 17.2. The molecule has 0 aliphatic carbocycles. The lowest BCUT2D eigenvalue weighted by Gasteiger charge is -2.10. The number of carbonyl (C=O) groups excluding carboxylic acids is 1. The lowest BCUT2D eigenvalue weighted by Crippen LogP contribution is -2.34. The molecule has 1 aromatic heterocycles. The molecule has 0 fully saturated rings. The number of hydrogen-bond donors (Lipinski definition) is 2. The van der Waals surface area contributed by atoms with E-state index in [9.17, 15) is 9.18 Å². The van der Waals surface area contributed by atoms with Crippen LogP contribution in [-0.2, 0) is 13.1 Å². The predicted octanol–water partition coefficient (Wildman–Crippen LogP) is 2.88. The van der Waals surface area contributed by atoms with Crippen molar-refractivity contribution in [3.05, 3.63) is 83.4 Å². The second kappa shape index (κ2) is 7.94. The van der Waals surface area contributed by atoms with Gasteiger partial charge in [0.15, 0.2) is 0 Å². The highest BCUT2D eigenvalue weighted by atomic mass is 19.1. The summed E-state index contributed by atoms with van der Waals surface area (Å²) >= 11 is 0. The summed E-state index contributed by atoms with van der Waals surface area (Å²) in [6.45, 7) is 0.322. The summed E-state index contributed by atoms with van der Waals surface area (Å²) < 4.78 is 15.4. The van der Waals surface area contributed by atoms with Crippen molar-refractivity contribution >= 4 is 6.03 Å². The van der Waals surface area contributed by atoms with Gasteiger partial charge in [0.25, 0.3) is 0 Å². The number of benzene rings is 2. The number of hydrogen-bond acceptors (Lipinski definition) is 3. The molecule has 3 aromatic rings. The van der Waals surface area contributed by atoms with E-state index in [0.717, 1.165) is 11.3 Å². The summed E-state index contributed by atoms with van der Waals surface area (Å²) in [6, 6.07) is 15.0. The van der Waals surface area contributed by atoms with E-state index in [0.29, 0.717) is 12.1 Å². The van der Waals surface area contributed by atoms with Crippen LogP contribution >= 0.6 is 0 Å². The van der Waals surface area contributed by atoms with Gasteiger partial charge in [-0.2, -0.15) is 10.4 Å². The number of aromatic nitrogens is 2. The van der Waals surface area contributed by atoms with E-state index >= 15 is 0 Å². The van der Waals surface area contributed by atoms with Crippen LogP contribution in [0.1, 0.15) is 16.7 Å². The maximum absolute atomic E-state index is 13.7. The van der Waals surface area contributed by atoms with Crippen molar-refractivity contribution in [2.75, 3.05) is 0 Å². The summed E-state index contributed by atoms with van der Waals surface area (Å²) in [5.74, 6) is -0.462. The number of nitrogens with zero attached hydrogens (tertiary/aromatic N) is 3. The first-order valence-electron chi connectivity index (χ1n) is 7.95. The summed E-state index contributed by atoms with van der Waals surface area (Å²) in [5.41, 5.74) is 2.41. The van der Waals surface area contributed by atoms with E-state index in [1.165, 1.54) is 18.2 Å². The zero-order chi connectivity index (χ0) is 18.4. The van der Waals surface area contributed by atoms with Crippen LogP contribution in [0.4, 0.5) is 9.18 Å². The third-order valence-electron chi connectivity index (χ3n) is 3.75. The quantitative estimate of drug-likeness (QED) is 0.743. The average molecular weight is 349 g/mol. The third-order valence-corrected chi connectivity index (χ3v) is 3.75. The van der Waals surface area contributed by atoms with E-state index < -0.39 is 11.8 Å². The SMILES string of the molecule is N#Cc1ccc(F)c(CNC(=O)NCc2cccc(-n3cccn3)c2)c1. The Balaban J connectivity index is 1.55. The fourth-order valence-electron chi connectivity index (χ4n) is 2.43. The van der Waals surface area contributed by atoms with Gasteiger partial charge in [-0.15, -0.1) is 0 Å². The molecule has 2 amide bonds. The minimum absolute atomic E-state index is 0.000509. The summed E-state index contributed by atoms with van der Waals surface area (Å²) in [4.78, 5) is 11.9. The van der Waals surface area contributed by atoms with Crippen molar-refractivity contribution in [1.29, 1.82) is 5.26 Å². The molecule has 0 bridgehead atoms. The smallest absolute Gasteiger partial charge is 0.315 e. The minimum atomic E-state index is -0.462. The highest BCUT2D eigenvalue weighted by Gasteiger charge is 2.07. The summed E-state index contributed by atoms with van der Waals surface area (Å²) in [7, 11) is 0. The van der Waals surface area contributed by atoms with E-state index in [1.54, 1.807) is 10.9 Å². The largest absolute Gasteiger partial charge is 0.334 e. The molecule has 0 unspecified atom stereocenters. The van der Waals surface area contributed by atoms with Gasteiger partial charge in [-0.1, -0.05) is 12.1 Å². The number of rotatable bonds is 5. The van der Waals surface area contributed by atoms with Crippen LogP contribution in [0.3, 0.4) is 0 Å². The number of urea groups is 1. The van der Waals surface area contributed by atoms with Gasteiger partial charge in [-0.05, 0) is 42.0 Å². The van der Waals surface area contributed by atoms with Crippen molar-refractivity contribution < 1.29 is 9.18 Å². The fourth-order valence-corrected chi connectivity index (χ4v) is 2.43. The molecule has 3 rings (SSSR count). The molecule has 0 atom stereocenters. The predicted molar refractivity (Wildman–Crippen MR) is 93.8 cm³/mol. The van der Waals surface area contributed by atoms with Gasteiger partial charge in [0.2, 0.25) is 0 Å². The molecule has 6 nitrogen and oxygen atoms in total. The number of halogens is 1. The van der Waals surface area contributed by atoms with E-state index in [2.05, 4.69) is 15.7 Å². The van der Waals surface area contributed by atoms with Crippen molar-refractivity contribution in [1.82, 2.24) is 20.4 Å². The molecule has 2 aromatic carbocycles. The first-order valence-corrected chi connectivity index (χ1v) is 7.95. The van der Waals surface area contributed by atoms with E-state index in [-0.39, 0.29) is 12.1 Å². The van der Waals surface area contributed by atoms with Gasteiger partial charge in [-0.25, -0.2) is 13.9 Å². The van der Waals surface area contributed by atoms with Crippen LogP contribution in [-0.4, -0.2) is 15.8 Å². The van der Waals surface area contributed by atoms with Crippen LogP contribution in [0.25, 0.3) is 5.69 Å². The molecule has 1 heterocycles. The first-order chi connectivity index (χ1) is 12.7. The Hall–Kier alpha value is -3.66.